The first kappa shape index (κ1) is 8.51. The van der Waals surface area contributed by atoms with E-state index in [1.54, 1.807) is 4.90 Å². The van der Waals surface area contributed by atoms with E-state index in [2.05, 4.69) is 12.2 Å². The summed E-state index contributed by atoms with van der Waals surface area (Å²) < 4.78 is 5.06. The van der Waals surface area contributed by atoms with Gasteiger partial charge in [-0.05, 0) is 18.9 Å². The number of hydrogen-bond acceptors (Lipinski definition) is 2. The number of rotatable bonds is 1. The summed E-state index contributed by atoms with van der Waals surface area (Å²) in [5.41, 5.74) is 1.04. The smallest absolute Gasteiger partial charge is 0.253 e. The van der Waals surface area contributed by atoms with Gasteiger partial charge in [-0.3, -0.25) is 4.79 Å². The predicted molar refractivity (Wildman–Crippen MR) is 49.0 cm³/mol. The number of carbonyl (C=O) groups excluding carboxylic acids is 1. The van der Waals surface area contributed by atoms with Crippen LogP contribution in [0.2, 0.25) is 0 Å². The van der Waals surface area contributed by atoms with E-state index in [-0.39, 0.29) is 12.5 Å². The quantitative estimate of drug-likeness (QED) is 0.602. The molecule has 0 N–H and O–H groups in total. The van der Waals surface area contributed by atoms with E-state index in [9.17, 15) is 4.79 Å². The van der Waals surface area contributed by atoms with Crippen molar-refractivity contribution < 1.29 is 9.53 Å². The maximum Gasteiger partial charge on any atom is 0.253 e. The highest BCUT2D eigenvalue weighted by molar-refractivity contribution is 5.80. The fourth-order valence-electron chi connectivity index (χ4n) is 1.59. The molecule has 1 fully saturated rings. The number of allylic oxidation sites excluding steroid dienone is 3. The van der Waals surface area contributed by atoms with Gasteiger partial charge in [0.2, 0.25) is 0 Å². The van der Waals surface area contributed by atoms with Crippen LogP contribution in [0.25, 0.3) is 0 Å². The second-order valence-electron chi connectivity index (χ2n) is 3.21. The van der Waals surface area contributed by atoms with Gasteiger partial charge in [-0.1, -0.05) is 12.2 Å². The van der Waals surface area contributed by atoms with Crippen molar-refractivity contribution in [2.45, 2.75) is 12.8 Å². The van der Waals surface area contributed by atoms with E-state index < -0.39 is 0 Å². The minimum atomic E-state index is 0.0732. The van der Waals surface area contributed by atoms with Gasteiger partial charge in [-0.2, -0.15) is 0 Å². The maximum absolute atomic E-state index is 11.4. The second kappa shape index (κ2) is 3.75. The van der Waals surface area contributed by atoms with Crippen molar-refractivity contribution in [2.75, 3.05) is 19.8 Å². The summed E-state index contributed by atoms with van der Waals surface area (Å²) in [6.07, 6.45) is 8.37. The van der Waals surface area contributed by atoms with Crippen LogP contribution in [0.1, 0.15) is 12.8 Å². The van der Waals surface area contributed by atoms with Crippen LogP contribution in [0.4, 0.5) is 0 Å². The van der Waals surface area contributed by atoms with Gasteiger partial charge in [0.25, 0.3) is 5.91 Å². The van der Waals surface area contributed by atoms with Crippen molar-refractivity contribution in [1.82, 2.24) is 4.90 Å². The zero-order valence-corrected chi connectivity index (χ0v) is 7.53. The van der Waals surface area contributed by atoms with Gasteiger partial charge in [-0.15, -0.1) is 0 Å². The Bertz CT molecular complexity index is 268. The SMILES string of the molecule is O=C1COCCN1C1=CCCC=C1. The Morgan fingerprint density at radius 1 is 1.38 bits per heavy atom. The molecule has 2 aliphatic rings. The highest BCUT2D eigenvalue weighted by Crippen LogP contribution is 2.16. The molecule has 1 aliphatic heterocycles. The molecule has 0 bridgehead atoms. The fourth-order valence-corrected chi connectivity index (χ4v) is 1.59. The third kappa shape index (κ3) is 1.80. The summed E-state index contributed by atoms with van der Waals surface area (Å²) in [5.74, 6) is 0.0732. The molecule has 0 aromatic heterocycles. The number of amides is 1. The van der Waals surface area contributed by atoms with Crippen LogP contribution in [-0.2, 0) is 9.53 Å². The molecule has 0 atom stereocenters. The Hall–Kier alpha value is -1.09. The maximum atomic E-state index is 11.4. The molecule has 1 amide bonds. The zero-order chi connectivity index (χ0) is 9.10. The molecule has 0 aromatic carbocycles. The second-order valence-corrected chi connectivity index (χ2v) is 3.21. The highest BCUT2D eigenvalue weighted by atomic mass is 16.5. The van der Waals surface area contributed by atoms with Gasteiger partial charge in [0.05, 0.1) is 6.61 Å². The van der Waals surface area contributed by atoms with Crippen LogP contribution in [0.5, 0.6) is 0 Å². The van der Waals surface area contributed by atoms with Crippen LogP contribution >= 0.6 is 0 Å². The van der Waals surface area contributed by atoms with Gasteiger partial charge in [0.1, 0.15) is 6.61 Å². The number of morpholine rings is 1. The van der Waals surface area contributed by atoms with Gasteiger partial charge < -0.3 is 9.64 Å². The molecule has 3 heteroatoms. The molecule has 70 valence electrons. The van der Waals surface area contributed by atoms with E-state index >= 15 is 0 Å². The van der Waals surface area contributed by atoms with Crippen LogP contribution in [-0.4, -0.2) is 30.6 Å². The number of carbonyl (C=O) groups is 1. The zero-order valence-electron chi connectivity index (χ0n) is 7.53. The molecule has 1 saturated heterocycles. The summed E-state index contributed by atoms with van der Waals surface area (Å²) in [6, 6.07) is 0. The minimum Gasteiger partial charge on any atom is -0.370 e. The minimum absolute atomic E-state index is 0.0732. The van der Waals surface area contributed by atoms with E-state index in [1.807, 2.05) is 6.08 Å². The first-order valence-corrected chi connectivity index (χ1v) is 4.63. The molecule has 0 spiro atoms. The van der Waals surface area contributed by atoms with Gasteiger partial charge in [0, 0.05) is 12.2 Å². The van der Waals surface area contributed by atoms with E-state index in [4.69, 9.17) is 4.74 Å². The van der Waals surface area contributed by atoms with E-state index in [0.717, 1.165) is 18.5 Å². The molecule has 0 aromatic rings. The van der Waals surface area contributed by atoms with Crippen molar-refractivity contribution >= 4 is 5.91 Å². The third-order valence-corrected chi connectivity index (χ3v) is 2.27. The Labute approximate surface area is 77.7 Å². The average Bonchev–Trinajstić information content (AvgIpc) is 2.20. The van der Waals surface area contributed by atoms with Gasteiger partial charge >= 0.3 is 0 Å². The molecule has 3 nitrogen and oxygen atoms in total. The summed E-state index contributed by atoms with van der Waals surface area (Å²) in [5, 5.41) is 0. The van der Waals surface area contributed by atoms with Crippen molar-refractivity contribution in [3.8, 4) is 0 Å². The standard InChI is InChI=1S/C10H13NO2/c12-10-8-13-7-6-11(10)9-4-2-1-3-5-9/h2,4-5H,1,3,6-8H2. The van der Waals surface area contributed by atoms with Crippen molar-refractivity contribution in [1.29, 1.82) is 0 Å². The highest BCUT2D eigenvalue weighted by Gasteiger charge is 2.20. The fraction of sp³-hybridized carbons (Fsp3) is 0.500. The Morgan fingerprint density at radius 3 is 3.00 bits per heavy atom. The Balaban J connectivity index is 2.09. The molecule has 0 saturated carbocycles. The molecule has 0 radical (unpaired) electrons. The van der Waals surface area contributed by atoms with Gasteiger partial charge in [0.15, 0.2) is 0 Å². The monoisotopic (exact) mass is 179 g/mol. The number of nitrogens with zero attached hydrogens (tertiary/aromatic N) is 1. The van der Waals surface area contributed by atoms with Crippen LogP contribution in [0, 0.1) is 0 Å². The normalized spacial score (nSPS) is 23.2. The topological polar surface area (TPSA) is 29.5 Å². The summed E-state index contributed by atoms with van der Waals surface area (Å²) in [7, 11) is 0. The molecule has 2 rings (SSSR count). The van der Waals surface area contributed by atoms with Crippen LogP contribution < -0.4 is 0 Å². The first-order valence-electron chi connectivity index (χ1n) is 4.63. The molecule has 1 heterocycles. The van der Waals surface area contributed by atoms with Crippen molar-refractivity contribution in [2.24, 2.45) is 0 Å². The lowest BCUT2D eigenvalue weighted by Crippen LogP contribution is -2.40. The van der Waals surface area contributed by atoms with Crippen molar-refractivity contribution in [3.05, 3.63) is 23.9 Å². The van der Waals surface area contributed by atoms with Crippen molar-refractivity contribution in [3.63, 3.8) is 0 Å². The molecule has 1 aliphatic carbocycles. The largest absolute Gasteiger partial charge is 0.370 e. The molecular formula is C10H13NO2. The van der Waals surface area contributed by atoms with Crippen LogP contribution in [0.15, 0.2) is 23.9 Å². The lowest BCUT2D eigenvalue weighted by atomic mass is 10.1. The average molecular weight is 179 g/mol. The molecular weight excluding hydrogens is 166 g/mol. The summed E-state index contributed by atoms with van der Waals surface area (Å²) >= 11 is 0. The Morgan fingerprint density at radius 2 is 2.31 bits per heavy atom. The number of ether oxygens (including phenoxy) is 1. The lowest BCUT2D eigenvalue weighted by Gasteiger charge is -2.28. The molecule has 13 heavy (non-hydrogen) atoms. The third-order valence-electron chi connectivity index (χ3n) is 2.27. The first-order chi connectivity index (χ1) is 6.38. The summed E-state index contributed by atoms with van der Waals surface area (Å²) in [6.45, 7) is 1.57. The molecule has 0 unspecified atom stereocenters. The van der Waals surface area contributed by atoms with Crippen LogP contribution in [0.3, 0.4) is 0 Å². The lowest BCUT2D eigenvalue weighted by molar-refractivity contribution is -0.139. The van der Waals surface area contributed by atoms with E-state index in [1.165, 1.54) is 0 Å². The summed E-state index contributed by atoms with van der Waals surface area (Å²) in [4.78, 5) is 13.2. The number of hydrogen-bond donors (Lipinski definition) is 0. The van der Waals surface area contributed by atoms with E-state index in [0.29, 0.717) is 13.2 Å². The van der Waals surface area contributed by atoms with Gasteiger partial charge in [-0.25, -0.2) is 0 Å². The predicted octanol–water partition coefficient (Wildman–Crippen LogP) is 1.08. The Kier molecular flexibility index (Phi) is 2.45.